The molecule has 0 aromatic heterocycles. The molecule has 2 amide bonds. The number of sulfone groups is 1. The molecule has 1 N–H and O–H groups in total. The fourth-order valence-corrected chi connectivity index (χ4v) is 4.27. The van der Waals surface area contributed by atoms with E-state index in [2.05, 4.69) is 15.7 Å². The van der Waals surface area contributed by atoms with Gasteiger partial charge in [-0.15, -0.1) is 4.36 Å². The number of anilines is 1. The summed E-state index contributed by atoms with van der Waals surface area (Å²) in [5.41, 5.74) is 2.68. The van der Waals surface area contributed by atoms with Crippen LogP contribution < -0.4 is 5.32 Å². The van der Waals surface area contributed by atoms with Crippen molar-refractivity contribution in [2.24, 2.45) is 4.36 Å². The molecule has 0 aliphatic carbocycles. The van der Waals surface area contributed by atoms with Crippen LogP contribution in [0.5, 0.6) is 0 Å². The van der Waals surface area contributed by atoms with Gasteiger partial charge in [0, 0.05) is 16.8 Å². The van der Waals surface area contributed by atoms with E-state index in [0.717, 1.165) is 17.4 Å². The molecule has 0 bridgehead atoms. The number of nitrogens with one attached hydrogen (secondary N) is 1. The Morgan fingerprint density at radius 3 is 1.97 bits per heavy atom. The average Bonchev–Trinajstić information content (AvgIpc) is 2.66. The normalized spacial score (nSPS) is 12.7. The third kappa shape index (κ3) is 5.68. The van der Waals surface area contributed by atoms with Crippen molar-refractivity contribution in [1.29, 1.82) is 5.26 Å². The molecule has 0 radical (unpaired) electrons. The smallest absolute Gasteiger partial charge is 0.305 e. The molecule has 0 aliphatic rings. The summed E-state index contributed by atoms with van der Waals surface area (Å²) in [6, 6.07) is 10.3. The molecule has 2 aromatic carbocycles. The second kappa shape index (κ2) is 9.41. The number of thiol groups is 1. The third-order valence-corrected chi connectivity index (χ3v) is 6.70. The zero-order chi connectivity index (χ0) is 22.6. The van der Waals surface area contributed by atoms with Crippen LogP contribution in [0.2, 0.25) is 0 Å². The second-order valence-corrected chi connectivity index (χ2v) is 10.8. The van der Waals surface area contributed by atoms with Crippen LogP contribution in [0.3, 0.4) is 0 Å². The van der Waals surface area contributed by atoms with Crippen molar-refractivity contribution < 1.29 is 17.4 Å². The van der Waals surface area contributed by atoms with E-state index in [1.165, 1.54) is 24.3 Å². The number of rotatable bonds is 5. The Labute approximate surface area is 179 Å². The van der Waals surface area contributed by atoms with Crippen LogP contribution in [-0.4, -0.2) is 24.9 Å². The molecule has 160 valence electrons. The van der Waals surface area contributed by atoms with Gasteiger partial charge in [-0.25, -0.2) is 17.4 Å². The summed E-state index contributed by atoms with van der Waals surface area (Å²) >= 11 is 0. The van der Waals surface area contributed by atoms with Gasteiger partial charge in [-0.3, -0.25) is 0 Å². The first kappa shape index (κ1) is 23.6. The maximum absolute atomic E-state index is 12.5. The highest BCUT2D eigenvalue weighted by Crippen LogP contribution is 2.34. The molecule has 0 saturated heterocycles. The minimum Gasteiger partial charge on any atom is -0.305 e. The van der Waals surface area contributed by atoms with Crippen molar-refractivity contribution >= 4 is 32.2 Å². The molecule has 1 atom stereocenters. The molecular formula is C21H25N3O4S2. The number of urea groups is 1. The van der Waals surface area contributed by atoms with Crippen molar-refractivity contribution in [2.45, 2.75) is 49.3 Å². The first-order valence-corrected chi connectivity index (χ1v) is 12.4. The van der Waals surface area contributed by atoms with E-state index in [9.17, 15) is 22.7 Å². The summed E-state index contributed by atoms with van der Waals surface area (Å²) in [5, 5.41) is 12.0. The predicted octanol–water partition coefficient (Wildman–Crippen LogP) is 4.46. The van der Waals surface area contributed by atoms with E-state index in [-0.39, 0.29) is 21.6 Å². The van der Waals surface area contributed by atoms with Crippen molar-refractivity contribution in [1.82, 2.24) is 0 Å². The van der Waals surface area contributed by atoms with Gasteiger partial charge in [0.1, 0.15) is 0 Å². The van der Waals surface area contributed by atoms with Crippen LogP contribution in [0, 0.1) is 11.3 Å². The first-order valence-electron chi connectivity index (χ1n) is 9.32. The molecule has 0 aliphatic heterocycles. The largest absolute Gasteiger partial charge is 0.353 e. The summed E-state index contributed by atoms with van der Waals surface area (Å²) in [4.78, 5) is 12.9. The van der Waals surface area contributed by atoms with Gasteiger partial charge in [0.25, 0.3) is 0 Å². The summed E-state index contributed by atoms with van der Waals surface area (Å²) in [6.45, 7) is 7.82. The number of nitrogens with zero attached hydrogens (tertiary/aromatic N) is 2. The fourth-order valence-electron chi connectivity index (χ4n) is 2.90. The molecule has 30 heavy (non-hydrogen) atoms. The van der Waals surface area contributed by atoms with E-state index < -0.39 is 26.5 Å². The Morgan fingerprint density at radius 1 is 1.07 bits per heavy atom. The molecule has 0 fully saturated rings. The quantitative estimate of drug-likeness (QED) is 0.656. The molecule has 7 nitrogen and oxygen atoms in total. The minimum atomic E-state index is -3.37. The van der Waals surface area contributed by atoms with Gasteiger partial charge in [0.05, 0.1) is 27.1 Å². The Hall–Kier alpha value is -2.70. The molecule has 0 spiro atoms. The predicted molar refractivity (Wildman–Crippen MR) is 118 cm³/mol. The number of amides is 2. The number of benzene rings is 2. The van der Waals surface area contributed by atoms with Crippen LogP contribution >= 0.6 is 0 Å². The molecule has 9 heteroatoms. The average molecular weight is 448 g/mol. The van der Waals surface area contributed by atoms with Gasteiger partial charge in [-0.2, -0.15) is 5.26 Å². The molecule has 0 heterocycles. The second-order valence-electron chi connectivity index (χ2n) is 7.52. The fraction of sp³-hybridized carbons (Fsp3) is 0.333. The van der Waals surface area contributed by atoms with Crippen molar-refractivity contribution in [3.05, 3.63) is 53.1 Å². The van der Waals surface area contributed by atoms with Crippen LogP contribution in [0.1, 0.15) is 56.2 Å². The van der Waals surface area contributed by atoms with Crippen LogP contribution in [0.4, 0.5) is 10.5 Å². The molecule has 1 unspecified atom stereocenters. The van der Waals surface area contributed by atoms with Crippen molar-refractivity contribution in [3.8, 4) is 6.07 Å². The number of carbonyl (C=O) groups excluding carboxylic acids is 1. The van der Waals surface area contributed by atoms with Gasteiger partial charge in [-0.1, -0.05) is 27.7 Å². The molecule has 2 rings (SSSR count). The Morgan fingerprint density at radius 2 is 1.57 bits per heavy atom. The summed E-state index contributed by atoms with van der Waals surface area (Å²) in [5.74, 6) is 0.0896. The van der Waals surface area contributed by atoms with E-state index in [4.69, 9.17) is 0 Å². The Bertz CT molecular complexity index is 1160. The highest BCUT2D eigenvalue weighted by molar-refractivity contribution is 7.90. The highest BCUT2D eigenvalue weighted by atomic mass is 32.2. The van der Waals surface area contributed by atoms with Gasteiger partial charge in [0.15, 0.2) is 9.84 Å². The number of hydrogen-bond donors (Lipinski definition) is 2. The van der Waals surface area contributed by atoms with Crippen LogP contribution in [0.25, 0.3) is 0 Å². The maximum Gasteiger partial charge on any atom is 0.353 e. The highest BCUT2D eigenvalue weighted by Gasteiger charge is 2.18. The number of hydrogen-bond acceptors (Lipinski definition) is 5. The first-order chi connectivity index (χ1) is 13.9. The van der Waals surface area contributed by atoms with Crippen LogP contribution in [-0.2, 0) is 20.4 Å². The SMILES string of the molecule is CC(C)c1cc(C#N)cc(C(C)C)c1NC(=O)N=[SH](=O)c1ccc(S(C)(=O)=O)cc1. The van der Waals surface area contributed by atoms with Crippen molar-refractivity contribution in [3.63, 3.8) is 0 Å². The molecular weight excluding hydrogens is 422 g/mol. The van der Waals surface area contributed by atoms with E-state index in [0.29, 0.717) is 11.3 Å². The zero-order valence-corrected chi connectivity index (χ0v) is 19.2. The van der Waals surface area contributed by atoms with Crippen LogP contribution in [0.15, 0.2) is 50.6 Å². The van der Waals surface area contributed by atoms with E-state index in [1.807, 2.05) is 27.7 Å². The molecule has 2 aromatic rings. The van der Waals surface area contributed by atoms with Gasteiger partial charge in [0.2, 0.25) is 0 Å². The topological polar surface area (TPSA) is 116 Å². The van der Waals surface area contributed by atoms with Crippen molar-refractivity contribution in [2.75, 3.05) is 11.6 Å². The number of nitriles is 1. The zero-order valence-electron chi connectivity index (χ0n) is 17.5. The Balaban J connectivity index is 2.40. The summed E-state index contributed by atoms with van der Waals surface area (Å²) < 4.78 is 39.3. The standard InChI is InChI=1S/C21H25N3O4S2/c1-13(2)18-10-15(12-22)11-19(14(3)4)20(18)23-21(25)24-29(26)16-6-8-17(9-7-16)30(5,27)28/h6-11,13-14,29H,1-5H3,(H,23,25). The lowest BCUT2D eigenvalue weighted by Gasteiger charge is -2.20. The summed E-state index contributed by atoms with van der Waals surface area (Å²) in [7, 11) is -5.77. The number of carbonyl (C=O) groups is 1. The third-order valence-electron chi connectivity index (χ3n) is 4.47. The monoisotopic (exact) mass is 447 g/mol. The van der Waals surface area contributed by atoms with E-state index in [1.54, 1.807) is 12.1 Å². The lowest BCUT2D eigenvalue weighted by Crippen LogP contribution is -2.13. The maximum atomic E-state index is 12.5. The lowest BCUT2D eigenvalue weighted by molar-refractivity contribution is 0.260. The lowest BCUT2D eigenvalue weighted by atomic mass is 9.90. The van der Waals surface area contributed by atoms with Gasteiger partial charge >= 0.3 is 6.03 Å². The Kier molecular flexibility index (Phi) is 7.39. The van der Waals surface area contributed by atoms with Gasteiger partial charge < -0.3 is 5.32 Å². The van der Waals surface area contributed by atoms with E-state index >= 15 is 0 Å². The summed E-state index contributed by atoms with van der Waals surface area (Å²) in [6.07, 6.45) is 1.08. The molecule has 0 saturated carbocycles. The van der Waals surface area contributed by atoms with Gasteiger partial charge in [-0.05, 0) is 59.4 Å². The minimum absolute atomic E-state index is 0.0448.